The van der Waals surface area contributed by atoms with E-state index >= 15 is 0 Å². The minimum Gasteiger partial charge on any atom is -0.493 e. The van der Waals surface area contributed by atoms with Crippen LogP contribution in [-0.2, 0) is 0 Å². The Kier molecular flexibility index (Phi) is 7.83. The monoisotopic (exact) mass is 433 g/mol. The van der Waals surface area contributed by atoms with Crippen molar-refractivity contribution < 1.29 is 9.47 Å². The second kappa shape index (κ2) is 10.6. The van der Waals surface area contributed by atoms with Crippen molar-refractivity contribution in [3.05, 3.63) is 72.8 Å². The van der Waals surface area contributed by atoms with Crippen molar-refractivity contribution in [1.29, 1.82) is 0 Å². The third-order valence-electron chi connectivity index (χ3n) is 5.36. The Hall–Kier alpha value is -2.69. The molecule has 0 aromatic heterocycles. The van der Waals surface area contributed by atoms with Gasteiger partial charge in [-0.3, -0.25) is 0 Å². The fraction of sp³-hybridized carbons (Fsp3) is 0.259. The molecule has 0 amide bonds. The van der Waals surface area contributed by atoms with E-state index in [4.69, 9.17) is 15.2 Å². The van der Waals surface area contributed by atoms with Gasteiger partial charge in [0.25, 0.3) is 0 Å². The molecule has 0 radical (unpaired) electrons. The summed E-state index contributed by atoms with van der Waals surface area (Å²) >= 11 is 0. The van der Waals surface area contributed by atoms with Gasteiger partial charge in [-0.15, -0.1) is 0 Å². The van der Waals surface area contributed by atoms with E-state index in [-0.39, 0.29) is 13.5 Å². The molecule has 2 N–H and O–H groups in total. The molecule has 0 aliphatic rings. The summed E-state index contributed by atoms with van der Waals surface area (Å²) in [5, 5.41) is 4.67. The first-order chi connectivity index (χ1) is 14.7. The molecule has 0 fully saturated rings. The summed E-state index contributed by atoms with van der Waals surface area (Å²) < 4.78 is 12.5. The van der Waals surface area contributed by atoms with Gasteiger partial charge < -0.3 is 15.2 Å². The van der Waals surface area contributed by atoms with Crippen LogP contribution in [0.5, 0.6) is 11.5 Å². The van der Waals surface area contributed by atoms with Crippen molar-refractivity contribution in [2.45, 2.75) is 20.3 Å². The highest BCUT2D eigenvalue weighted by atomic mass is 32.1. The molecule has 0 unspecified atom stereocenters. The predicted octanol–water partition coefficient (Wildman–Crippen LogP) is 6.54. The summed E-state index contributed by atoms with van der Waals surface area (Å²) in [6.45, 7) is 6.06. The average molecular weight is 434 g/mol. The van der Waals surface area contributed by atoms with Gasteiger partial charge in [-0.25, -0.2) is 0 Å². The highest BCUT2D eigenvalue weighted by Gasteiger charge is 2.19. The normalized spacial score (nSPS) is 11.0. The van der Waals surface area contributed by atoms with Gasteiger partial charge in [-0.2, -0.15) is 13.5 Å². The maximum Gasteiger partial charge on any atom is 0.127 e. The van der Waals surface area contributed by atoms with Crippen LogP contribution in [0.2, 0.25) is 0 Å². The van der Waals surface area contributed by atoms with Crippen molar-refractivity contribution in [1.82, 2.24) is 0 Å². The summed E-state index contributed by atoms with van der Waals surface area (Å²) in [6.07, 6.45) is 1.01. The van der Waals surface area contributed by atoms with E-state index in [1.165, 1.54) is 10.8 Å². The average Bonchev–Trinajstić information content (AvgIpc) is 2.77. The lowest BCUT2D eigenvalue weighted by Crippen LogP contribution is -2.11. The van der Waals surface area contributed by atoms with E-state index in [0.717, 1.165) is 39.8 Å². The van der Waals surface area contributed by atoms with Crippen LogP contribution >= 0.6 is 13.5 Å². The number of fused-ring (bicyclic) bond motifs is 2. The molecule has 0 aliphatic heterocycles. The molecule has 4 heteroatoms. The van der Waals surface area contributed by atoms with Crippen LogP contribution in [-0.4, -0.2) is 19.8 Å². The first-order valence-corrected chi connectivity index (χ1v) is 10.7. The lowest BCUT2D eigenvalue weighted by molar-refractivity contribution is 0.290. The van der Waals surface area contributed by atoms with Crippen LogP contribution in [0.1, 0.15) is 20.3 Å². The SMILES string of the molecule is CC(C)CCOc1ccc2ccccc2c1-c1c(OCCN)ccc2ccccc12.S. The molecule has 4 rings (SSSR count). The van der Waals surface area contributed by atoms with Gasteiger partial charge in [-0.05, 0) is 46.0 Å². The van der Waals surface area contributed by atoms with Crippen LogP contribution in [0.25, 0.3) is 32.7 Å². The Bertz CT molecular complexity index is 1160. The topological polar surface area (TPSA) is 44.5 Å². The van der Waals surface area contributed by atoms with E-state index in [0.29, 0.717) is 25.7 Å². The van der Waals surface area contributed by atoms with E-state index in [9.17, 15) is 0 Å². The smallest absolute Gasteiger partial charge is 0.127 e. The van der Waals surface area contributed by atoms with Gasteiger partial charge in [-0.1, -0.05) is 74.5 Å². The van der Waals surface area contributed by atoms with Gasteiger partial charge in [0.15, 0.2) is 0 Å². The Balaban J connectivity index is 0.00000272. The molecule has 4 aromatic carbocycles. The van der Waals surface area contributed by atoms with Gasteiger partial charge in [0.05, 0.1) is 6.61 Å². The lowest BCUT2D eigenvalue weighted by atomic mass is 9.92. The van der Waals surface area contributed by atoms with E-state index in [2.05, 4.69) is 80.6 Å². The van der Waals surface area contributed by atoms with Gasteiger partial charge in [0.1, 0.15) is 18.1 Å². The number of hydrogen-bond donors (Lipinski definition) is 1. The quantitative estimate of drug-likeness (QED) is 0.343. The summed E-state index contributed by atoms with van der Waals surface area (Å²) in [5.74, 6) is 2.32. The molecule has 3 nitrogen and oxygen atoms in total. The van der Waals surface area contributed by atoms with Crippen molar-refractivity contribution >= 4 is 35.0 Å². The predicted molar refractivity (Wildman–Crippen MR) is 137 cm³/mol. The summed E-state index contributed by atoms with van der Waals surface area (Å²) in [5.41, 5.74) is 7.89. The van der Waals surface area contributed by atoms with Crippen molar-refractivity contribution in [3.8, 4) is 22.6 Å². The number of benzene rings is 4. The standard InChI is InChI=1S/C27H29NO2.H2S/c1-19(2)15-17-29-24-13-11-20-7-3-5-9-22(20)26(24)27-23-10-6-4-8-21(23)12-14-25(27)30-18-16-28;/h3-14,19H,15-18,28H2,1-2H3;1H2. The van der Waals surface area contributed by atoms with Crippen LogP contribution in [0.4, 0.5) is 0 Å². The van der Waals surface area contributed by atoms with E-state index in [1.807, 2.05) is 6.07 Å². The zero-order valence-electron chi connectivity index (χ0n) is 18.2. The molecule has 0 spiro atoms. The Labute approximate surface area is 191 Å². The van der Waals surface area contributed by atoms with Crippen LogP contribution < -0.4 is 15.2 Å². The van der Waals surface area contributed by atoms with Gasteiger partial charge in [0, 0.05) is 17.7 Å². The fourth-order valence-corrected chi connectivity index (χ4v) is 3.83. The number of ether oxygens (including phenoxy) is 2. The molecule has 0 saturated heterocycles. The number of nitrogens with two attached hydrogens (primary N) is 1. The molecule has 31 heavy (non-hydrogen) atoms. The minimum atomic E-state index is 0. The van der Waals surface area contributed by atoms with Crippen molar-refractivity contribution in [2.75, 3.05) is 19.8 Å². The maximum atomic E-state index is 6.34. The van der Waals surface area contributed by atoms with Crippen LogP contribution in [0, 0.1) is 5.92 Å². The van der Waals surface area contributed by atoms with Crippen LogP contribution in [0.3, 0.4) is 0 Å². The lowest BCUT2D eigenvalue weighted by Gasteiger charge is -2.20. The molecular formula is C27H31NO2S. The zero-order valence-corrected chi connectivity index (χ0v) is 19.2. The highest BCUT2D eigenvalue weighted by Crippen LogP contribution is 2.45. The molecule has 0 saturated carbocycles. The Morgan fingerprint density at radius 2 is 1.16 bits per heavy atom. The molecule has 162 valence electrons. The van der Waals surface area contributed by atoms with Crippen molar-refractivity contribution in [3.63, 3.8) is 0 Å². The van der Waals surface area contributed by atoms with Gasteiger partial charge >= 0.3 is 0 Å². The first kappa shape index (κ1) is 23.0. The van der Waals surface area contributed by atoms with Gasteiger partial charge in [0.2, 0.25) is 0 Å². The molecule has 0 atom stereocenters. The second-order valence-electron chi connectivity index (χ2n) is 7.99. The fourth-order valence-electron chi connectivity index (χ4n) is 3.83. The van der Waals surface area contributed by atoms with E-state index < -0.39 is 0 Å². The number of rotatable bonds is 8. The zero-order chi connectivity index (χ0) is 20.9. The third-order valence-corrected chi connectivity index (χ3v) is 5.36. The Morgan fingerprint density at radius 1 is 0.677 bits per heavy atom. The molecule has 0 aliphatic carbocycles. The molecule has 0 bridgehead atoms. The van der Waals surface area contributed by atoms with Crippen LogP contribution in [0.15, 0.2) is 72.8 Å². The number of hydrogen-bond acceptors (Lipinski definition) is 3. The summed E-state index contributed by atoms with van der Waals surface area (Å²) in [4.78, 5) is 0. The largest absolute Gasteiger partial charge is 0.493 e. The summed E-state index contributed by atoms with van der Waals surface area (Å²) in [6, 6.07) is 25.3. The molecular weight excluding hydrogens is 402 g/mol. The molecule has 0 heterocycles. The van der Waals surface area contributed by atoms with E-state index in [1.54, 1.807) is 0 Å². The second-order valence-corrected chi connectivity index (χ2v) is 7.99. The summed E-state index contributed by atoms with van der Waals surface area (Å²) in [7, 11) is 0. The highest BCUT2D eigenvalue weighted by molar-refractivity contribution is 7.59. The maximum absolute atomic E-state index is 6.34. The third kappa shape index (κ3) is 4.97. The first-order valence-electron chi connectivity index (χ1n) is 10.7. The molecule has 4 aromatic rings. The Morgan fingerprint density at radius 3 is 1.65 bits per heavy atom. The van der Waals surface area contributed by atoms with Crippen molar-refractivity contribution in [2.24, 2.45) is 11.7 Å². The minimum absolute atomic E-state index is 0.